The molecule has 0 aliphatic rings. The van der Waals surface area contributed by atoms with Crippen LogP contribution >= 0.6 is 0 Å². The lowest BCUT2D eigenvalue weighted by atomic mass is 9.94. The van der Waals surface area contributed by atoms with Crippen molar-refractivity contribution in [2.45, 2.75) is 23.2 Å². The van der Waals surface area contributed by atoms with Gasteiger partial charge >= 0.3 is 0 Å². The maximum absolute atomic E-state index is 12.6. The predicted octanol–water partition coefficient (Wildman–Crippen LogP) is 1.47. The predicted molar refractivity (Wildman–Crippen MR) is 101 cm³/mol. The molecule has 28 heavy (non-hydrogen) atoms. The molecule has 2 rings (SSSR count). The van der Waals surface area contributed by atoms with Crippen molar-refractivity contribution in [2.24, 2.45) is 0 Å². The Hall–Kier alpha value is -2.37. The van der Waals surface area contributed by atoms with Gasteiger partial charge in [0.25, 0.3) is 5.69 Å². The second-order valence-electron chi connectivity index (χ2n) is 6.12. The van der Waals surface area contributed by atoms with E-state index in [1.54, 1.807) is 24.3 Å². The second-order valence-corrected chi connectivity index (χ2v) is 7.85. The number of benzene rings is 2. The molecule has 0 fully saturated rings. The number of rotatable bonds is 10. The Morgan fingerprint density at radius 3 is 2.25 bits per heavy atom. The zero-order valence-corrected chi connectivity index (χ0v) is 16.3. The largest absolute Gasteiger partial charge is 0.383 e. The molecule has 2 aromatic rings. The molecule has 0 aliphatic heterocycles. The third-order valence-electron chi connectivity index (χ3n) is 4.14. The van der Waals surface area contributed by atoms with Crippen molar-refractivity contribution < 1.29 is 27.9 Å². The molecular weight excluding hydrogens is 388 g/mol. The molecule has 0 saturated carbocycles. The Morgan fingerprint density at radius 2 is 1.68 bits per heavy atom. The molecule has 1 atom stereocenters. The highest BCUT2D eigenvalue weighted by Crippen LogP contribution is 2.25. The number of methoxy groups -OCH3 is 2. The summed E-state index contributed by atoms with van der Waals surface area (Å²) in [5, 5.41) is 22.2. The Kier molecular flexibility index (Phi) is 7.22. The fraction of sp³-hybridized carbons (Fsp3) is 0.333. The monoisotopic (exact) mass is 410 g/mol. The SMILES string of the molecule is COC(OC)[C@](O)(CNS(=O)(=O)c1ccccc1[N+](=O)[O-])Cc1ccccc1. The van der Waals surface area contributed by atoms with E-state index in [-0.39, 0.29) is 6.42 Å². The van der Waals surface area contributed by atoms with Gasteiger partial charge in [0.2, 0.25) is 10.0 Å². The summed E-state index contributed by atoms with van der Waals surface area (Å²) in [6.07, 6.45) is -1.11. The minimum atomic E-state index is -4.27. The highest BCUT2D eigenvalue weighted by Gasteiger charge is 2.39. The molecule has 0 radical (unpaired) electrons. The first-order valence-corrected chi connectivity index (χ1v) is 9.77. The van der Waals surface area contributed by atoms with Gasteiger partial charge in [0.1, 0.15) is 5.60 Å². The van der Waals surface area contributed by atoms with Gasteiger partial charge in [-0.05, 0) is 11.6 Å². The van der Waals surface area contributed by atoms with Crippen molar-refractivity contribution in [2.75, 3.05) is 20.8 Å². The molecule has 9 nitrogen and oxygen atoms in total. The zero-order chi connectivity index (χ0) is 20.8. The second kappa shape index (κ2) is 9.22. The maximum Gasteiger partial charge on any atom is 0.289 e. The van der Waals surface area contributed by atoms with Crippen LogP contribution in [0.5, 0.6) is 0 Å². The van der Waals surface area contributed by atoms with Gasteiger partial charge in [-0.2, -0.15) is 0 Å². The molecule has 0 unspecified atom stereocenters. The van der Waals surface area contributed by atoms with E-state index in [1.807, 2.05) is 6.07 Å². The van der Waals surface area contributed by atoms with Gasteiger partial charge in [-0.25, -0.2) is 13.1 Å². The lowest BCUT2D eigenvalue weighted by Crippen LogP contribution is -2.54. The number of nitrogens with one attached hydrogen (secondary N) is 1. The molecule has 0 aliphatic carbocycles. The molecule has 0 aromatic heterocycles. The van der Waals surface area contributed by atoms with E-state index in [2.05, 4.69) is 4.72 Å². The number of hydrogen-bond acceptors (Lipinski definition) is 7. The van der Waals surface area contributed by atoms with Crippen molar-refractivity contribution in [1.82, 2.24) is 4.72 Å². The molecule has 2 N–H and O–H groups in total. The molecule has 152 valence electrons. The van der Waals surface area contributed by atoms with Crippen LogP contribution in [0.15, 0.2) is 59.5 Å². The number of ether oxygens (including phenoxy) is 2. The van der Waals surface area contributed by atoms with Crippen LogP contribution in [0.4, 0.5) is 5.69 Å². The number of aliphatic hydroxyl groups is 1. The minimum absolute atomic E-state index is 0.0274. The third-order valence-corrected chi connectivity index (χ3v) is 5.59. The summed E-state index contributed by atoms with van der Waals surface area (Å²) in [7, 11) is -1.63. The van der Waals surface area contributed by atoms with E-state index < -0.39 is 44.0 Å². The zero-order valence-electron chi connectivity index (χ0n) is 15.4. The summed E-state index contributed by atoms with van der Waals surface area (Å²) in [5.41, 5.74) is -1.59. The summed E-state index contributed by atoms with van der Waals surface area (Å²) < 4.78 is 37.8. The Bertz CT molecular complexity index is 901. The summed E-state index contributed by atoms with van der Waals surface area (Å²) >= 11 is 0. The van der Waals surface area contributed by atoms with E-state index in [9.17, 15) is 23.6 Å². The van der Waals surface area contributed by atoms with E-state index in [1.165, 1.54) is 26.4 Å². The molecule has 0 spiro atoms. The van der Waals surface area contributed by atoms with Crippen LogP contribution in [0.1, 0.15) is 5.56 Å². The number of nitrogens with zero attached hydrogens (tertiary/aromatic N) is 1. The molecule has 0 amide bonds. The normalized spacial score (nSPS) is 14.0. The Morgan fingerprint density at radius 1 is 1.11 bits per heavy atom. The quantitative estimate of drug-likeness (QED) is 0.345. The molecule has 0 saturated heterocycles. The fourth-order valence-electron chi connectivity index (χ4n) is 2.85. The van der Waals surface area contributed by atoms with Gasteiger partial charge in [0.05, 0.1) is 4.92 Å². The van der Waals surface area contributed by atoms with E-state index >= 15 is 0 Å². The number of nitro benzene ring substituents is 1. The lowest BCUT2D eigenvalue weighted by molar-refractivity contribution is -0.387. The fourth-order valence-corrected chi connectivity index (χ4v) is 4.12. The van der Waals surface area contributed by atoms with Crippen LogP contribution in [-0.4, -0.2) is 51.1 Å². The highest BCUT2D eigenvalue weighted by atomic mass is 32.2. The highest BCUT2D eigenvalue weighted by molar-refractivity contribution is 7.89. The van der Waals surface area contributed by atoms with Crippen molar-refractivity contribution in [3.05, 3.63) is 70.3 Å². The van der Waals surface area contributed by atoms with Gasteiger partial charge < -0.3 is 14.6 Å². The first-order valence-electron chi connectivity index (χ1n) is 8.28. The number of hydrogen-bond donors (Lipinski definition) is 2. The topological polar surface area (TPSA) is 128 Å². The van der Waals surface area contributed by atoms with Crippen molar-refractivity contribution in [3.63, 3.8) is 0 Å². The molecule has 2 aromatic carbocycles. The van der Waals surface area contributed by atoms with Gasteiger partial charge in [0, 0.05) is 33.3 Å². The molecule has 10 heteroatoms. The van der Waals surface area contributed by atoms with Gasteiger partial charge in [0.15, 0.2) is 11.2 Å². The van der Waals surface area contributed by atoms with Crippen molar-refractivity contribution in [1.29, 1.82) is 0 Å². The summed E-state index contributed by atoms with van der Waals surface area (Å²) in [5.74, 6) is 0. The number of nitro groups is 1. The van der Waals surface area contributed by atoms with E-state index in [0.29, 0.717) is 0 Å². The van der Waals surface area contributed by atoms with Crippen LogP contribution in [0, 0.1) is 10.1 Å². The molecule has 0 bridgehead atoms. The average Bonchev–Trinajstić information content (AvgIpc) is 2.68. The Labute approximate surface area is 163 Å². The third kappa shape index (κ3) is 5.12. The van der Waals surface area contributed by atoms with Gasteiger partial charge in [-0.15, -0.1) is 0 Å². The number of para-hydroxylation sites is 1. The van der Waals surface area contributed by atoms with Crippen LogP contribution in [0.25, 0.3) is 0 Å². The first-order chi connectivity index (χ1) is 13.2. The van der Waals surface area contributed by atoms with E-state index in [0.717, 1.165) is 17.7 Å². The van der Waals surface area contributed by atoms with Crippen LogP contribution in [0.2, 0.25) is 0 Å². The van der Waals surface area contributed by atoms with Crippen LogP contribution in [-0.2, 0) is 25.9 Å². The maximum atomic E-state index is 12.6. The van der Waals surface area contributed by atoms with Crippen molar-refractivity contribution >= 4 is 15.7 Å². The summed E-state index contributed by atoms with van der Waals surface area (Å²) in [6.45, 7) is -0.484. The molecule has 0 heterocycles. The first kappa shape index (κ1) is 21.9. The summed E-state index contributed by atoms with van der Waals surface area (Å²) in [4.78, 5) is 9.86. The van der Waals surface area contributed by atoms with Gasteiger partial charge in [-0.3, -0.25) is 10.1 Å². The summed E-state index contributed by atoms with van der Waals surface area (Å²) in [6, 6.07) is 13.9. The van der Waals surface area contributed by atoms with E-state index in [4.69, 9.17) is 9.47 Å². The molecular formula is C18H22N2O7S. The van der Waals surface area contributed by atoms with Crippen LogP contribution in [0.3, 0.4) is 0 Å². The standard InChI is InChI=1S/C18H22N2O7S/c1-26-17(27-2)18(21,12-14-8-4-3-5-9-14)13-19-28(24,25)16-11-7-6-10-15(16)20(22)23/h3-11,17,19,21H,12-13H2,1-2H3/t18-/m1/s1. The minimum Gasteiger partial charge on any atom is -0.383 e. The smallest absolute Gasteiger partial charge is 0.289 e. The Balaban J connectivity index is 2.31. The van der Waals surface area contributed by atoms with Gasteiger partial charge in [-0.1, -0.05) is 42.5 Å². The number of sulfonamides is 1. The lowest BCUT2D eigenvalue weighted by Gasteiger charge is -2.34. The van der Waals surface area contributed by atoms with Crippen molar-refractivity contribution in [3.8, 4) is 0 Å². The van der Waals surface area contributed by atoms with Crippen LogP contribution < -0.4 is 4.72 Å². The average molecular weight is 410 g/mol.